The number of nitrogens with one attached hydrogen (secondary N) is 2. The summed E-state index contributed by atoms with van der Waals surface area (Å²) in [5.74, 6) is -0.920. The van der Waals surface area contributed by atoms with Crippen molar-refractivity contribution in [1.29, 1.82) is 0 Å². The molecule has 0 saturated heterocycles. The van der Waals surface area contributed by atoms with Gasteiger partial charge in [-0.25, -0.2) is 4.79 Å². The maximum Gasteiger partial charge on any atom is 0.315 e. The highest BCUT2D eigenvalue weighted by molar-refractivity contribution is 5.74. The van der Waals surface area contributed by atoms with Crippen molar-refractivity contribution < 1.29 is 19.6 Å². The molecule has 2 amide bonds. The van der Waals surface area contributed by atoms with Crippen LogP contribution in [0.15, 0.2) is 54.6 Å². The summed E-state index contributed by atoms with van der Waals surface area (Å²) in [6.07, 6.45) is 1.10. The lowest BCUT2D eigenvalue weighted by atomic mass is 10.0. The Labute approximate surface area is 162 Å². The molecule has 0 aliphatic carbocycles. The third kappa shape index (κ3) is 7.06. The van der Waals surface area contributed by atoms with Crippen LogP contribution in [0.1, 0.15) is 24.0 Å². The van der Waals surface area contributed by atoms with Gasteiger partial charge < -0.3 is 15.7 Å². The number of carbonyl (C=O) groups is 2. The highest BCUT2D eigenvalue weighted by Gasteiger charge is 2.16. The van der Waals surface area contributed by atoms with Crippen LogP contribution in [-0.2, 0) is 17.6 Å². The van der Waals surface area contributed by atoms with E-state index in [1.54, 1.807) is 18.2 Å². The summed E-state index contributed by atoms with van der Waals surface area (Å²) in [5.41, 5.74) is 1.56. The fourth-order valence-electron chi connectivity index (χ4n) is 2.87. The summed E-state index contributed by atoms with van der Waals surface area (Å²) in [6.45, 7) is 0.230. The summed E-state index contributed by atoms with van der Waals surface area (Å²) >= 11 is 0. The van der Waals surface area contributed by atoms with Crippen LogP contribution in [0.2, 0.25) is 0 Å². The summed E-state index contributed by atoms with van der Waals surface area (Å²) in [6, 6.07) is 15.1. The molecule has 1 unspecified atom stereocenters. The van der Waals surface area contributed by atoms with Gasteiger partial charge in [-0.05, 0) is 24.8 Å². The molecular weight excluding hydrogens is 362 g/mol. The predicted molar refractivity (Wildman–Crippen MR) is 104 cm³/mol. The van der Waals surface area contributed by atoms with Crippen molar-refractivity contribution in [3.05, 3.63) is 75.8 Å². The molecule has 0 radical (unpaired) electrons. The minimum Gasteiger partial charge on any atom is -0.481 e. The summed E-state index contributed by atoms with van der Waals surface area (Å²) in [4.78, 5) is 33.6. The fourth-order valence-corrected chi connectivity index (χ4v) is 2.87. The second kappa shape index (κ2) is 10.7. The highest BCUT2D eigenvalue weighted by atomic mass is 16.6. The number of carboxylic acids is 1. The SMILES string of the molecule is O=C(O)CCC(Cc1ccccc1)NC(=O)NCCc1ccccc1[N+](=O)[O-]. The number of hydrogen-bond donors (Lipinski definition) is 3. The van der Waals surface area contributed by atoms with Crippen LogP contribution in [0.3, 0.4) is 0 Å². The number of carboxylic acid groups (broad SMARTS) is 1. The minimum absolute atomic E-state index is 0.0214. The van der Waals surface area contributed by atoms with Crippen LogP contribution in [0.5, 0.6) is 0 Å². The number of urea groups is 1. The van der Waals surface area contributed by atoms with E-state index in [1.807, 2.05) is 30.3 Å². The molecule has 8 heteroatoms. The maximum absolute atomic E-state index is 12.2. The van der Waals surface area contributed by atoms with E-state index >= 15 is 0 Å². The fraction of sp³-hybridized carbons (Fsp3) is 0.300. The summed E-state index contributed by atoms with van der Waals surface area (Å²) < 4.78 is 0. The lowest BCUT2D eigenvalue weighted by Crippen LogP contribution is -2.44. The molecule has 28 heavy (non-hydrogen) atoms. The van der Waals surface area contributed by atoms with Gasteiger partial charge in [0.25, 0.3) is 5.69 Å². The molecule has 0 aliphatic heterocycles. The number of benzene rings is 2. The Kier molecular flexibility index (Phi) is 7.95. The van der Waals surface area contributed by atoms with Crippen molar-refractivity contribution in [3.63, 3.8) is 0 Å². The molecule has 2 aromatic rings. The number of para-hydroxylation sites is 1. The molecule has 0 aliphatic rings. The van der Waals surface area contributed by atoms with Crippen molar-refractivity contribution in [3.8, 4) is 0 Å². The first-order valence-electron chi connectivity index (χ1n) is 8.98. The Morgan fingerprint density at radius 3 is 2.43 bits per heavy atom. The van der Waals surface area contributed by atoms with Gasteiger partial charge in [0.05, 0.1) is 4.92 Å². The van der Waals surface area contributed by atoms with E-state index < -0.39 is 16.9 Å². The zero-order valence-corrected chi connectivity index (χ0v) is 15.3. The second-order valence-corrected chi connectivity index (χ2v) is 6.36. The van der Waals surface area contributed by atoms with Gasteiger partial charge in [0, 0.05) is 30.6 Å². The van der Waals surface area contributed by atoms with Gasteiger partial charge in [-0.2, -0.15) is 0 Å². The van der Waals surface area contributed by atoms with Gasteiger partial charge in [-0.3, -0.25) is 14.9 Å². The average molecular weight is 385 g/mol. The normalized spacial score (nSPS) is 11.4. The largest absolute Gasteiger partial charge is 0.481 e. The molecule has 3 N–H and O–H groups in total. The van der Waals surface area contributed by atoms with Gasteiger partial charge in [0.15, 0.2) is 0 Å². The summed E-state index contributed by atoms with van der Waals surface area (Å²) in [7, 11) is 0. The molecule has 2 aromatic carbocycles. The number of aliphatic carboxylic acids is 1. The lowest BCUT2D eigenvalue weighted by molar-refractivity contribution is -0.385. The highest BCUT2D eigenvalue weighted by Crippen LogP contribution is 2.17. The molecule has 0 bridgehead atoms. The molecular formula is C20H23N3O5. The van der Waals surface area contributed by atoms with Crippen molar-refractivity contribution >= 4 is 17.7 Å². The van der Waals surface area contributed by atoms with Crippen LogP contribution >= 0.6 is 0 Å². The van der Waals surface area contributed by atoms with E-state index in [0.29, 0.717) is 24.8 Å². The Hall–Kier alpha value is -3.42. The molecule has 8 nitrogen and oxygen atoms in total. The number of rotatable bonds is 10. The van der Waals surface area contributed by atoms with E-state index in [0.717, 1.165) is 5.56 Å². The summed E-state index contributed by atoms with van der Waals surface area (Å²) in [5, 5.41) is 25.4. The van der Waals surface area contributed by atoms with Crippen LogP contribution in [0.25, 0.3) is 0 Å². The molecule has 0 saturated carbocycles. The third-order valence-corrected chi connectivity index (χ3v) is 4.24. The van der Waals surface area contributed by atoms with E-state index in [4.69, 9.17) is 5.11 Å². The van der Waals surface area contributed by atoms with Gasteiger partial charge in [0.2, 0.25) is 0 Å². The van der Waals surface area contributed by atoms with Gasteiger partial charge in [-0.15, -0.1) is 0 Å². The Morgan fingerprint density at radius 2 is 1.75 bits per heavy atom. The third-order valence-electron chi connectivity index (χ3n) is 4.24. The first-order chi connectivity index (χ1) is 13.5. The number of nitro benzene ring substituents is 1. The van der Waals surface area contributed by atoms with E-state index in [-0.39, 0.29) is 24.7 Å². The Morgan fingerprint density at radius 1 is 1.07 bits per heavy atom. The molecule has 0 spiro atoms. The Bertz CT molecular complexity index is 810. The van der Waals surface area contributed by atoms with Crippen molar-refractivity contribution in [2.75, 3.05) is 6.54 Å². The smallest absolute Gasteiger partial charge is 0.315 e. The van der Waals surface area contributed by atoms with E-state index in [2.05, 4.69) is 10.6 Å². The minimum atomic E-state index is -0.920. The molecule has 1 atom stereocenters. The topological polar surface area (TPSA) is 122 Å². The quantitative estimate of drug-likeness (QED) is 0.429. The van der Waals surface area contributed by atoms with Crippen molar-refractivity contribution in [1.82, 2.24) is 10.6 Å². The van der Waals surface area contributed by atoms with Gasteiger partial charge in [0.1, 0.15) is 0 Å². The van der Waals surface area contributed by atoms with Gasteiger partial charge >= 0.3 is 12.0 Å². The first-order valence-corrected chi connectivity index (χ1v) is 8.98. The average Bonchev–Trinajstić information content (AvgIpc) is 2.67. The van der Waals surface area contributed by atoms with E-state index in [1.165, 1.54) is 6.07 Å². The molecule has 2 rings (SSSR count). The van der Waals surface area contributed by atoms with Crippen LogP contribution in [-0.4, -0.2) is 34.6 Å². The molecule has 0 heterocycles. The molecule has 0 fully saturated rings. The zero-order valence-electron chi connectivity index (χ0n) is 15.3. The molecule has 148 valence electrons. The monoisotopic (exact) mass is 385 g/mol. The van der Waals surface area contributed by atoms with Gasteiger partial charge in [-0.1, -0.05) is 48.5 Å². The number of carbonyl (C=O) groups excluding carboxylic acids is 1. The predicted octanol–water partition coefficient (Wildman–Crippen LogP) is 2.91. The second-order valence-electron chi connectivity index (χ2n) is 6.36. The number of nitrogens with zero attached hydrogens (tertiary/aromatic N) is 1. The van der Waals surface area contributed by atoms with Crippen LogP contribution in [0, 0.1) is 10.1 Å². The maximum atomic E-state index is 12.2. The van der Waals surface area contributed by atoms with Crippen LogP contribution in [0.4, 0.5) is 10.5 Å². The zero-order chi connectivity index (χ0) is 20.4. The Balaban J connectivity index is 1.88. The first kappa shape index (κ1) is 20.9. The number of hydrogen-bond acceptors (Lipinski definition) is 4. The van der Waals surface area contributed by atoms with Crippen molar-refractivity contribution in [2.45, 2.75) is 31.7 Å². The molecule has 0 aromatic heterocycles. The van der Waals surface area contributed by atoms with Crippen molar-refractivity contribution in [2.24, 2.45) is 0 Å². The lowest BCUT2D eigenvalue weighted by Gasteiger charge is -2.18. The van der Waals surface area contributed by atoms with Crippen LogP contribution < -0.4 is 10.6 Å². The number of nitro groups is 1. The number of amides is 2. The van der Waals surface area contributed by atoms with E-state index in [9.17, 15) is 19.7 Å². The standard InChI is InChI=1S/C20H23N3O5/c24-19(25)11-10-17(14-15-6-2-1-3-7-15)22-20(26)21-13-12-16-8-4-5-9-18(16)23(27)28/h1-9,17H,10-14H2,(H,24,25)(H2,21,22,26).